The molecule has 5 nitrogen and oxygen atoms in total. The minimum absolute atomic E-state index is 0.141. The Kier molecular flexibility index (Phi) is 3.58. The fraction of sp³-hybridized carbons (Fsp3) is 0.800. The smallest absolute Gasteiger partial charge is 0.364 e. The monoisotopic (exact) mass is 265 g/mol. The number of nitrogens with one attached hydrogen (secondary N) is 1. The molecule has 8 heteroatoms. The van der Waals surface area contributed by atoms with Gasteiger partial charge in [-0.25, -0.2) is 0 Å². The van der Waals surface area contributed by atoms with Gasteiger partial charge in [-0.2, -0.15) is 18.2 Å². The molecule has 1 aromatic rings. The molecule has 0 amide bonds. The standard InChI is InChI=1S/C10H14F3N3O2/c1-9(2-3-14-5-9)8-15-7(16-18-8)4-17-6-10(11,12)13/h14H,2-6H2,1H3. The lowest BCUT2D eigenvalue weighted by Crippen LogP contribution is -2.25. The lowest BCUT2D eigenvalue weighted by atomic mass is 9.90. The van der Waals surface area contributed by atoms with Gasteiger partial charge in [-0.15, -0.1) is 0 Å². The number of hydrogen-bond donors (Lipinski definition) is 1. The van der Waals surface area contributed by atoms with E-state index in [4.69, 9.17) is 4.52 Å². The molecular formula is C10H14F3N3O2. The van der Waals surface area contributed by atoms with E-state index < -0.39 is 12.8 Å². The Hall–Kier alpha value is -1.15. The van der Waals surface area contributed by atoms with E-state index >= 15 is 0 Å². The lowest BCUT2D eigenvalue weighted by molar-refractivity contribution is -0.177. The topological polar surface area (TPSA) is 60.2 Å². The molecule has 18 heavy (non-hydrogen) atoms. The van der Waals surface area contributed by atoms with Gasteiger partial charge in [0.1, 0.15) is 13.2 Å². The minimum atomic E-state index is -4.34. The summed E-state index contributed by atoms with van der Waals surface area (Å²) in [5.41, 5.74) is -0.241. The molecule has 2 rings (SSSR count). The molecule has 1 aromatic heterocycles. The summed E-state index contributed by atoms with van der Waals surface area (Å²) in [6.45, 7) is 1.94. The maximum Gasteiger partial charge on any atom is 0.411 e. The third-order valence-corrected chi connectivity index (χ3v) is 2.85. The van der Waals surface area contributed by atoms with Crippen molar-refractivity contribution in [1.82, 2.24) is 15.5 Å². The normalized spacial score (nSPS) is 24.7. The predicted octanol–water partition coefficient (Wildman–Crippen LogP) is 1.40. The zero-order valence-corrected chi connectivity index (χ0v) is 9.88. The van der Waals surface area contributed by atoms with Crippen molar-refractivity contribution in [3.8, 4) is 0 Å². The molecule has 1 atom stereocenters. The van der Waals surface area contributed by atoms with E-state index in [1.807, 2.05) is 6.92 Å². The van der Waals surface area contributed by atoms with Gasteiger partial charge in [0.25, 0.3) is 0 Å². The molecule has 1 aliphatic rings. The number of hydrogen-bond acceptors (Lipinski definition) is 5. The molecule has 1 saturated heterocycles. The number of ether oxygens (including phenoxy) is 1. The van der Waals surface area contributed by atoms with Gasteiger partial charge in [0, 0.05) is 6.54 Å². The molecule has 2 heterocycles. The van der Waals surface area contributed by atoms with Gasteiger partial charge in [-0.1, -0.05) is 5.16 Å². The van der Waals surface area contributed by atoms with Crippen molar-refractivity contribution in [1.29, 1.82) is 0 Å². The third-order valence-electron chi connectivity index (χ3n) is 2.85. The van der Waals surface area contributed by atoms with Gasteiger partial charge >= 0.3 is 6.18 Å². The van der Waals surface area contributed by atoms with Crippen LogP contribution in [0.2, 0.25) is 0 Å². The van der Waals surface area contributed by atoms with Gasteiger partial charge in [-0.3, -0.25) is 0 Å². The average molecular weight is 265 g/mol. The van der Waals surface area contributed by atoms with Crippen LogP contribution in [0.25, 0.3) is 0 Å². The SMILES string of the molecule is CC1(c2nc(COCC(F)(F)F)no2)CCNC1. The average Bonchev–Trinajstić information content (AvgIpc) is 2.86. The Morgan fingerprint density at radius 2 is 2.28 bits per heavy atom. The molecule has 1 unspecified atom stereocenters. The predicted molar refractivity (Wildman–Crippen MR) is 54.8 cm³/mol. The number of alkyl halides is 3. The van der Waals surface area contributed by atoms with Gasteiger partial charge in [0.05, 0.1) is 5.41 Å². The van der Waals surface area contributed by atoms with E-state index in [0.29, 0.717) is 5.89 Å². The number of nitrogens with zero attached hydrogens (tertiary/aromatic N) is 2. The van der Waals surface area contributed by atoms with Crippen LogP contribution in [-0.4, -0.2) is 36.0 Å². The highest BCUT2D eigenvalue weighted by atomic mass is 19.4. The van der Waals surface area contributed by atoms with Crippen LogP contribution in [0.15, 0.2) is 4.52 Å². The molecular weight excluding hydrogens is 251 g/mol. The zero-order chi connectivity index (χ0) is 13.2. The fourth-order valence-corrected chi connectivity index (χ4v) is 1.82. The molecule has 0 radical (unpaired) electrons. The first kappa shape index (κ1) is 13.3. The molecule has 102 valence electrons. The first-order valence-corrected chi connectivity index (χ1v) is 5.57. The van der Waals surface area contributed by atoms with Crippen molar-refractivity contribution < 1.29 is 22.4 Å². The summed E-state index contributed by atoms with van der Waals surface area (Å²) in [6, 6.07) is 0. The van der Waals surface area contributed by atoms with E-state index in [0.717, 1.165) is 19.5 Å². The quantitative estimate of drug-likeness (QED) is 0.891. The fourth-order valence-electron chi connectivity index (χ4n) is 1.82. The van der Waals surface area contributed by atoms with Crippen LogP contribution in [0, 0.1) is 0 Å². The Labute approximate surface area is 102 Å². The third kappa shape index (κ3) is 3.20. The highest BCUT2D eigenvalue weighted by molar-refractivity contribution is 5.07. The number of halogens is 3. The molecule has 1 fully saturated rings. The van der Waals surface area contributed by atoms with Crippen molar-refractivity contribution in [3.63, 3.8) is 0 Å². The first-order valence-electron chi connectivity index (χ1n) is 5.57. The lowest BCUT2D eigenvalue weighted by Gasteiger charge is -2.15. The summed E-state index contributed by atoms with van der Waals surface area (Å²) in [4.78, 5) is 4.07. The maximum absolute atomic E-state index is 11.9. The highest BCUT2D eigenvalue weighted by Crippen LogP contribution is 2.28. The van der Waals surface area contributed by atoms with Crippen LogP contribution in [0.5, 0.6) is 0 Å². The minimum Gasteiger partial charge on any atom is -0.364 e. The maximum atomic E-state index is 11.9. The highest BCUT2D eigenvalue weighted by Gasteiger charge is 2.36. The second-order valence-electron chi connectivity index (χ2n) is 4.61. The first-order chi connectivity index (χ1) is 8.39. The molecule has 0 saturated carbocycles. The van der Waals surface area contributed by atoms with Crippen LogP contribution >= 0.6 is 0 Å². The van der Waals surface area contributed by atoms with Crippen LogP contribution in [-0.2, 0) is 16.8 Å². The summed E-state index contributed by atoms with van der Waals surface area (Å²) in [5, 5.41) is 6.80. The molecule has 0 aliphatic carbocycles. The Bertz CT molecular complexity index is 399. The zero-order valence-electron chi connectivity index (χ0n) is 9.88. The van der Waals surface area contributed by atoms with Crippen molar-refractivity contribution in [2.24, 2.45) is 0 Å². The molecule has 0 aromatic carbocycles. The van der Waals surface area contributed by atoms with Crippen LogP contribution in [0.3, 0.4) is 0 Å². The number of rotatable bonds is 4. The molecule has 0 spiro atoms. The summed E-state index contributed by atoms with van der Waals surface area (Å²) in [6.07, 6.45) is -3.48. The van der Waals surface area contributed by atoms with E-state index in [1.165, 1.54) is 0 Å². The van der Waals surface area contributed by atoms with E-state index in [1.54, 1.807) is 0 Å². The van der Waals surface area contributed by atoms with E-state index in [-0.39, 0.29) is 17.8 Å². The van der Waals surface area contributed by atoms with Gasteiger partial charge < -0.3 is 14.6 Å². The van der Waals surface area contributed by atoms with Crippen molar-refractivity contribution in [3.05, 3.63) is 11.7 Å². The Morgan fingerprint density at radius 1 is 1.50 bits per heavy atom. The summed E-state index contributed by atoms with van der Waals surface area (Å²) < 4.78 is 45.2. The van der Waals surface area contributed by atoms with Gasteiger partial charge in [0.2, 0.25) is 5.89 Å². The van der Waals surface area contributed by atoms with Crippen LogP contribution in [0.4, 0.5) is 13.2 Å². The summed E-state index contributed by atoms with van der Waals surface area (Å²) in [7, 11) is 0. The van der Waals surface area contributed by atoms with E-state index in [9.17, 15) is 13.2 Å². The number of aromatic nitrogens is 2. The van der Waals surface area contributed by atoms with Crippen LogP contribution in [0.1, 0.15) is 25.1 Å². The summed E-state index contributed by atoms with van der Waals surface area (Å²) >= 11 is 0. The van der Waals surface area contributed by atoms with E-state index in [2.05, 4.69) is 20.2 Å². The van der Waals surface area contributed by atoms with Crippen molar-refractivity contribution in [2.75, 3.05) is 19.7 Å². The molecule has 1 N–H and O–H groups in total. The Morgan fingerprint density at radius 3 is 2.89 bits per heavy atom. The van der Waals surface area contributed by atoms with Crippen molar-refractivity contribution >= 4 is 0 Å². The molecule has 1 aliphatic heterocycles. The largest absolute Gasteiger partial charge is 0.411 e. The second kappa shape index (κ2) is 4.85. The van der Waals surface area contributed by atoms with Gasteiger partial charge in [-0.05, 0) is 19.9 Å². The van der Waals surface area contributed by atoms with Gasteiger partial charge in [0.15, 0.2) is 5.82 Å². The summed E-state index contributed by atoms with van der Waals surface area (Å²) in [5.74, 6) is 0.584. The van der Waals surface area contributed by atoms with Crippen LogP contribution < -0.4 is 5.32 Å². The van der Waals surface area contributed by atoms with Crippen molar-refractivity contribution in [2.45, 2.75) is 31.5 Å². The second-order valence-corrected chi connectivity index (χ2v) is 4.61. The molecule has 0 bridgehead atoms. The Balaban J connectivity index is 1.90.